The largest absolute Gasteiger partial charge is 0.277 e. The molecule has 1 aromatic carbocycles. The maximum atomic E-state index is 12.8. The molecule has 0 N–H and O–H groups in total. The van der Waals surface area contributed by atoms with Crippen molar-refractivity contribution in [2.24, 2.45) is 0 Å². The minimum atomic E-state index is 0.0428. The predicted octanol–water partition coefficient (Wildman–Crippen LogP) is 2.15. The molecule has 1 aliphatic rings. The summed E-state index contributed by atoms with van der Waals surface area (Å²) in [7, 11) is 0. The number of aryl methyl sites for hydroxylation is 1. The van der Waals surface area contributed by atoms with E-state index in [9.17, 15) is 4.79 Å². The van der Waals surface area contributed by atoms with Crippen LogP contribution in [0.4, 0.5) is 0 Å². The number of hydrogen-bond acceptors (Lipinski definition) is 4. The zero-order chi connectivity index (χ0) is 15.1. The van der Waals surface area contributed by atoms with Crippen LogP contribution in [-0.4, -0.2) is 25.4 Å². The first-order chi connectivity index (χ1) is 10.8. The number of fused-ring (bicyclic) bond motifs is 2. The lowest BCUT2D eigenvalue weighted by molar-refractivity contribution is 0.563. The van der Waals surface area contributed by atoms with Crippen LogP contribution in [-0.2, 0) is 19.4 Å². The van der Waals surface area contributed by atoms with E-state index >= 15 is 0 Å². The lowest BCUT2D eigenvalue weighted by Crippen LogP contribution is -2.25. The molecule has 6 heteroatoms. The average Bonchev–Trinajstić information content (AvgIpc) is 3.14. The lowest BCUT2D eigenvalue weighted by Gasteiger charge is -2.09. The molecule has 5 nitrogen and oxygen atoms in total. The summed E-state index contributed by atoms with van der Waals surface area (Å²) < 4.78 is 3.58. The van der Waals surface area contributed by atoms with E-state index in [1.807, 2.05) is 29.1 Å². The topological polar surface area (TPSA) is 52.2 Å². The van der Waals surface area contributed by atoms with Crippen molar-refractivity contribution in [2.45, 2.75) is 31.0 Å². The summed E-state index contributed by atoms with van der Waals surface area (Å²) in [5, 5.41) is 0.817. The highest BCUT2D eigenvalue weighted by Crippen LogP contribution is 2.20. The van der Waals surface area contributed by atoms with Crippen LogP contribution in [0, 0.1) is 0 Å². The Labute approximate surface area is 132 Å². The second kappa shape index (κ2) is 5.28. The molecule has 0 saturated heterocycles. The monoisotopic (exact) mass is 312 g/mol. The Morgan fingerprint density at radius 3 is 2.77 bits per heavy atom. The fourth-order valence-corrected chi connectivity index (χ4v) is 3.56. The second-order valence-electron chi connectivity index (χ2n) is 5.45. The summed E-state index contributed by atoms with van der Waals surface area (Å²) in [6.07, 6.45) is 4.71. The van der Waals surface area contributed by atoms with Crippen LogP contribution in [0.1, 0.15) is 23.2 Å². The van der Waals surface area contributed by atoms with Crippen LogP contribution in [0.2, 0.25) is 0 Å². The molecule has 0 unspecified atom stereocenters. The standard InChI is InChI=1S/C16H16N4OS/c1-22-16-18-15-17-13-9-5-8-12(13)14(21)20(15)19(16)10-11-6-3-2-4-7-11/h2-4,6-7H,5,8-10H2,1H3. The average molecular weight is 312 g/mol. The molecule has 0 amide bonds. The Hall–Kier alpha value is -2.08. The van der Waals surface area contributed by atoms with Gasteiger partial charge >= 0.3 is 0 Å². The summed E-state index contributed by atoms with van der Waals surface area (Å²) >= 11 is 1.54. The number of thioether (sulfide) groups is 1. The van der Waals surface area contributed by atoms with Crippen molar-refractivity contribution >= 4 is 17.5 Å². The van der Waals surface area contributed by atoms with Gasteiger partial charge in [0.15, 0.2) is 5.16 Å². The number of nitrogens with zero attached hydrogens (tertiary/aromatic N) is 4. The maximum Gasteiger partial charge on any atom is 0.277 e. The van der Waals surface area contributed by atoms with E-state index in [1.165, 1.54) is 11.8 Å². The van der Waals surface area contributed by atoms with Gasteiger partial charge in [-0.1, -0.05) is 42.1 Å². The van der Waals surface area contributed by atoms with Gasteiger partial charge in [0.05, 0.1) is 12.2 Å². The minimum absolute atomic E-state index is 0.0428. The van der Waals surface area contributed by atoms with E-state index < -0.39 is 0 Å². The zero-order valence-corrected chi connectivity index (χ0v) is 13.1. The number of aromatic nitrogens is 4. The Morgan fingerprint density at radius 1 is 1.18 bits per heavy atom. The smallest absolute Gasteiger partial charge is 0.267 e. The normalized spacial score (nSPS) is 13.7. The molecule has 0 radical (unpaired) electrons. The van der Waals surface area contributed by atoms with Gasteiger partial charge in [-0.15, -0.1) is 0 Å². The molecule has 2 heterocycles. The van der Waals surface area contributed by atoms with Gasteiger partial charge in [0, 0.05) is 5.56 Å². The molecule has 22 heavy (non-hydrogen) atoms. The minimum Gasteiger partial charge on any atom is -0.267 e. The number of hydrogen-bond donors (Lipinski definition) is 0. The van der Waals surface area contributed by atoms with Crippen LogP contribution in [0.5, 0.6) is 0 Å². The molecule has 2 aromatic heterocycles. The van der Waals surface area contributed by atoms with Gasteiger partial charge in [-0.3, -0.25) is 4.79 Å². The van der Waals surface area contributed by atoms with Crippen LogP contribution in [0.3, 0.4) is 0 Å². The van der Waals surface area contributed by atoms with Crippen molar-refractivity contribution in [3.8, 4) is 0 Å². The summed E-state index contributed by atoms with van der Waals surface area (Å²) in [4.78, 5) is 22.0. The molecule has 0 atom stereocenters. The highest BCUT2D eigenvalue weighted by Gasteiger charge is 2.22. The van der Waals surface area contributed by atoms with Crippen molar-refractivity contribution in [2.75, 3.05) is 6.26 Å². The third kappa shape index (κ3) is 2.06. The number of rotatable bonds is 3. The predicted molar refractivity (Wildman–Crippen MR) is 86.6 cm³/mol. The molecule has 0 aliphatic heterocycles. The van der Waals surface area contributed by atoms with E-state index in [2.05, 4.69) is 22.1 Å². The van der Waals surface area contributed by atoms with Gasteiger partial charge in [0.25, 0.3) is 11.3 Å². The second-order valence-corrected chi connectivity index (χ2v) is 6.22. The van der Waals surface area contributed by atoms with Crippen molar-refractivity contribution in [3.05, 3.63) is 57.5 Å². The molecule has 0 spiro atoms. The van der Waals surface area contributed by atoms with Gasteiger partial charge in [-0.05, 0) is 31.1 Å². The van der Waals surface area contributed by atoms with Gasteiger partial charge in [0.2, 0.25) is 0 Å². The summed E-state index contributed by atoms with van der Waals surface area (Å²) in [6.45, 7) is 0.619. The Bertz CT molecular complexity index is 898. The molecule has 4 rings (SSSR count). The van der Waals surface area contributed by atoms with E-state index in [1.54, 1.807) is 4.52 Å². The van der Waals surface area contributed by atoms with Gasteiger partial charge in [-0.2, -0.15) is 9.50 Å². The molecule has 3 aromatic rings. The van der Waals surface area contributed by atoms with Crippen molar-refractivity contribution in [1.82, 2.24) is 19.2 Å². The first kappa shape index (κ1) is 13.6. The third-order valence-corrected chi connectivity index (χ3v) is 4.75. The molecular formula is C16H16N4OS. The van der Waals surface area contributed by atoms with E-state index in [0.717, 1.165) is 41.2 Å². The molecule has 0 bridgehead atoms. The highest BCUT2D eigenvalue weighted by molar-refractivity contribution is 7.98. The van der Waals surface area contributed by atoms with Gasteiger partial charge in [0.1, 0.15) is 0 Å². The fourth-order valence-electron chi connectivity index (χ4n) is 3.03. The van der Waals surface area contributed by atoms with Crippen LogP contribution in [0.15, 0.2) is 40.3 Å². The van der Waals surface area contributed by atoms with Crippen molar-refractivity contribution in [3.63, 3.8) is 0 Å². The van der Waals surface area contributed by atoms with E-state index in [-0.39, 0.29) is 5.56 Å². The molecule has 0 fully saturated rings. The fraction of sp³-hybridized carbons (Fsp3) is 0.312. The Balaban J connectivity index is 1.94. The Kier molecular flexibility index (Phi) is 3.26. The van der Waals surface area contributed by atoms with Crippen LogP contribution < -0.4 is 5.56 Å². The molecule has 0 saturated carbocycles. The Morgan fingerprint density at radius 2 is 2.00 bits per heavy atom. The van der Waals surface area contributed by atoms with Crippen molar-refractivity contribution in [1.29, 1.82) is 0 Å². The maximum absolute atomic E-state index is 12.8. The summed E-state index contributed by atoms with van der Waals surface area (Å²) in [5.41, 5.74) is 2.98. The first-order valence-corrected chi connectivity index (χ1v) is 8.59. The molecular weight excluding hydrogens is 296 g/mol. The summed E-state index contributed by atoms with van der Waals surface area (Å²) in [6, 6.07) is 10.1. The van der Waals surface area contributed by atoms with Crippen molar-refractivity contribution < 1.29 is 0 Å². The lowest BCUT2D eigenvalue weighted by atomic mass is 10.2. The SMILES string of the molecule is CSc1nc2nc3c(c(=O)n2n1Cc1ccccc1)CCC3. The first-order valence-electron chi connectivity index (χ1n) is 7.37. The number of benzene rings is 1. The quantitative estimate of drug-likeness (QED) is 0.695. The van der Waals surface area contributed by atoms with E-state index in [4.69, 9.17) is 0 Å². The molecule has 1 aliphatic carbocycles. The molecule has 112 valence electrons. The summed E-state index contributed by atoms with van der Waals surface area (Å²) in [5.74, 6) is 0.519. The zero-order valence-electron chi connectivity index (χ0n) is 12.3. The van der Waals surface area contributed by atoms with E-state index in [0.29, 0.717) is 12.3 Å². The highest BCUT2D eigenvalue weighted by atomic mass is 32.2. The van der Waals surface area contributed by atoms with Gasteiger partial charge in [-0.25, -0.2) is 9.67 Å². The van der Waals surface area contributed by atoms with Gasteiger partial charge < -0.3 is 0 Å². The van der Waals surface area contributed by atoms with Crippen LogP contribution in [0.25, 0.3) is 5.78 Å². The van der Waals surface area contributed by atoms with Crippen LogP contribution >= 0.6 is 11.8 Å². The third-order valence-electron chi connectivity index (χ3n) is 4.08.